The predicted molar refractivity (Wildman–Crippen MR) is 109 cm³/mol. The van der Waals surface area contributed by atoms with Crippen LogP contribution < -0.4 is 15.2 Å². The van der Waals surface area contributed by atoms with E-state index in [0.29, 0.717) is 24.7 Å². The van der Waals surface area contributed by atoms with Gasteiger partial charge in [0.25, 0.3) is 5.91 Å². The monoisotopic (exact) mass is 422 g/mol. The van der Waals surface area contributed by atoms with E-state index in [2.05, 4.69) is 0 Å². The van der Waals surface area contributed by atoms with Crippen LogP contribution in [0.1, 0.15) is 42.2 Å². The molecule has 0 heterocycles. The van der Waals surface area contributed by atoms with Crippen molar-refractivity contribution in [3.05, 3.63) is 58.4 Å². The minimum Gasteiger partial charge on any atom is -0.490 e. The standard InChI is InChI=1S/C21H24ClFN2O4/c1-4-9-29-19-16(22)11-14(12-17(19)28-5-2)21(27)25(3)18(20(24)26)13-7-6-8-15(23)10-13/h6-8,10-12,18H,4-5,9H2,1-3H3,(H2,24,26). The molecule has 2 aromatic carbocycles. The molecule has 156 valence electrons. The Labute approximate surface area is 174 Å². The van der Waals surface area contributed by atoms with Gasteiger partial charge in [-0.2, -0.15) is 0 Å². The molecule has 1 atom stereocenters. The quantitative estimate of drug-likeness (QED) is 0.663. The maximum absolute atomic E-state index is 13.6. The van der Waals surface area contributed by atoms with Crippen LogP contribution in [0, 0.1) is 5.82 Å². The molecule has 8 heteroatoms. The molecule has 0 aliphatic heterocycles. The topological polar surface area (TPSA) is 81.9 Å². The number of amides is 2. The van der Waals surface area contributed by atoms with Crippen molar-refractivity contribution in [2.24, 2.45) is 5.73 Å². The van der Waals surface area contributed by atoms with Crippen molar-refractivity contribution in [2.75, 3.05) is 20.3 Å². The normalized spacial score (nSPS) is 11.6. The van der Waals surface area contributed by atoms with E-state index in [1.807, 2.05) is 6.92 Å². The summed E-state index contributed by atoms with van der Waals surface area (Å²) >= 11 is 6.32. The molecule has 1 unspecified atom stereocenters. The lowest BCUT2D eigenvalue weighted by Gasteiger charge is -2.26. The zero-order valence-corrected chi connectivity index (χ0v) is 17.3. The van der Waals surface area contributed by atoms with Crippen molar-refractivity contribution in [3.8, 4) is 11.5 Å². The fourth-order valence-corrected chi connectivity index (χ4v) is 3.14. The van der Waals surface area contributed by atoms with Gasteiger partial charge in [-0.15, -0.1) is 0 Å². The van der Waals surface area contributed by atoms with E-state index < -0.39 is 23.7 Å². The van der Waals surface area contributed by atoms with Gasteiger partial charge in [0.15, 0.2) is 11.5 Å². The highest BCUT2D eigenvalue weighted by Gasteiger charge is 2.29. The average Bonchev–Trinajstić information content (AvgIpc) is 2.66. The second-order valence-corrected chi connectivity index (χ2v) is 6.75. The van der Waals surface area contributed by atoms with Gasteiger partial charge in [0.2, 0.25) is 5.91 Å². The van der Waals surface area contributed by atoms with Crippen molar-refractivity contribution in [3.63, 3.8) is 0 Å². The summed E-state index contributed by atoms with van der Waals surface area (Å²) in [7, 11) is 1.42. The summed E-state index contributed by atoms with van der Waals surface area (Å²) in [4.78, 5) is 26.2. The number of hydrogen-bond acceptors (Lipinski definition) is 4. The number of likely N-dealkylation sites (N-methyl/N-ethyl adjacent to an activating group) is 1. The van der Waals surface area contributed by atoms with Crippen LogP contribution in [0.15, 0.2) is 36.4 Å². The molecule has 2 rings (SSSR count). The number of rotatable bonds is 9. The first-order chi connectivity index (χ1) is 13.8. The minimum absolute atomic E-state index is 0.187. The fraction of sp³-hybridized carbons (Fsp3) is 0.333. The molecule has 0 aromatic heterocycles. The Balaban J connectivity index is 2.42. The van der Waals surface area contributed by atoms with Crippen LogP contribution in [0.2, 0.25) is 5.02 Å². The van der Waals surface area contributed by atoms with Gasteiger partial charge in [-0.1, -0.05) is 30.7 Å². The highest BCUT2D eigenvalue weighted by Crippen LogP contribution is 2.37. The van der Waals surface area contributed by atoms with Gasteiger partial charge in [-0.3, -0.25) is 9.59 Å². The Kier molecular flexibility index (Phi) is 7.84. The SMILES string of the molecule is CCCOc1c(Cl)cc(C(=O)N(C)C(C(N)=O)c2cccc(F)c2)cc1OCC. The zero-order chi connectivity index (χ0) is 21.6. The highest BCUT2D eigenvalue weighted by molar-refractivity contribution is 6.32. The summed E-state index contributed by atoms with van der Waals surface area (Å²) < 4.78 is 24.8. The third kappa shape index (κ3) is 5.38. The van der Waals surface area contributed by atoms with E-state index in [9.17, 15) is 14.0 Å². The molecule has 2 amide bonds. The summed E-state index contributed by atoms with van der Waals surface area (Å²) in [6.07, 6.45) is 0.777. The molecule has 0 aliphatic rings. The number of nitrogens with two attached hydrogens (primary N) is 1. The second kappa shape index (κ2) is 10.1. The van der Waals surface area contributed by atoms with Crippen LogP contribution in [-0.4, -0.2) is 37.0 Å². The Morgan fingerprint density at radius 1 is 1.21 bits per heavy atom. The molecule has 0 saturated heterocycles. The molecule has 6 nitrogen and oxygen atoms in total. The number of primary amides is 1. The Morgan fingerprint density at radius 3 is 2.52 bits per heavy atom. The number of carbonyl (C=O) groups excluding carboxylic acids is 2. The van der Waals surface area contributed by atoms with Crippen molar-refractivity contribution < 1.29 is 23.5 Å². The van der Waals surface area contributed by atoms with Gasteiger partial charge in [0, 0.05) is 12.6 Å². The number of benzene rings is 2. The summed E-state index contributed by atoms with van der Waals surface area (Å²) in [5, 5.41) is 0.211. The molecule has 0 saturated carbocycles. The fourth-order valence-electron chi connectivity index (χ4n) is 2.87. The Hall–Kier alpha value is -2.80. The van der Waals surface area contributed by atoms with E-state index in [1.165, 1.54) is 43.4 Å². The summed E-state index contributed by atoms with van der Waals surface area (Å²) in [6, 6.07) is 7.18. The number of halogens is 2. The van der Waals surface area contributed by atoms with E-state index in [4.69, 9.17) is 26.8 Å². The van der Waals surface area contributed by atoms with Crippen LogP contribution >= 0.6 is 11.6 Å². The second-order valence-electron chi connectivity index (χ2n) is 6.34. The molecule has 0 radical (unpaired) electrons. The predicted octanol–water partition coefficient (Wildman–Crippen LogP) is 3.97. The Bertz CT molecular complexity index is 891. The van der Waals surface area contributed by atoms with Crippen molar-refractivity contribution in [1.29, 1.82) is 0 Å². The highest BCUT2D eigenvalue weighted by atomic mass is 35.5. The molecular weight excluding hydrogens is 399 g/mol. The van der Waals surface area contributed by atoms with Crippen LogP contribution in [0.25, 0.3) is 0 Å². The van der Waals surface area contributed by atoms with E-state index in [-0.39, 0.29) is 16.1 Å². The largest absolute Gasteiger partial charge is 0.490 e. The molecule has 0 spiro atoms. The molecular formula is C21H24ClFN2O4. The first kappa shape index (κ1) is 22.5. The molecule has 0 bridgehead atoms. The van der Waals surface area contributed by atoms with E-state index >= 15 is 0 Å². The van der Waals surface area contributed by atoms with Gasteiger partial charge in [0.05, 0.1) is 18.2 Å². The smallest absolute Gasteiger partial charge is 0.254 e. The van der Waals surface area contributed by atoms with Crippen LogP contribution in [0.4, 0.5) is 4.39 Å². The van der Waals surface area contributed by atoms with Gasteiger partial charge in [-0.05, 0) is 43.2 Å². The van der Waals surface area contributed by atoms with Crippen LogP contribution in [0.5, 0.6) is 11.5 Å². The van der Waals surface area contributed by atoms with Gasteiger partial charge in [-0.25, -0.2) is 4.39 Å². The maximum atomic E-state index is 13.6. The molecule has 2 aromatic rings. The van der Waals surface area contributed by atoms with E-state index in [1.54, 1.807) is 6.92 Å². The average molecular weight is 423 g/mol. The van der Waals surface area contributed by atoms with Crippen LogP contribution in [0.3, 0.4) is 0 Å². The third-order valence-corrected chi connectivity index (χ3v) is 4.43. The summed E-state index contributed by atoms with van der Waals surface area (Å²) in [5.41, 5.74) is 5.95. The van der Waals surface area contributed by atoms with Crippen molar-refractivity contribution in [1.82, 2.24) is 4.90 Å². The Morgan fingerprint density at radius 2 is 1.93 bits per heavy atom. The van der Waals surface area contributed by atoms with E-state index in [0.717, 1.165) is 11.3 Å². The van der Waals surface area contributed by atoms with Gasteiger partial charge < -0.3 is 20.1 Å². The summed E-state index contributed by atoms with van der Waals surface area (Å²) in [5.74, 6) is -1.17. The number of carbonyl (C=O) groups is 2. The lowest BCUT2D eigenvalue weighted by molar-refractivity contribution is -0.122. The molecule has 0 fully saturated rings. The lowest BCUT2D eigenvalue weighted by Crippen LogP contribution is -2.39. The number of ether oxygens (including phenoxy) is 2. The number of hydrogen-bond donors (Lipinski definition) is 1. The number of nitrogens with zero attached hydrogens (tertiary/aromatic N) is 1. The summed E-state index contributed by atoms with van der Waals surface area (Å²) in [6.45, 7) is 4.54. The zero-order valence-electron chi connectivity index (χ0n) is 16.6. The minimum atomic E-state index is -1.15. The first-order valence-corrected chi connectivity index (χ1v) is 9.59. The van der Waals surface area contributed by atoms with Gasteiger partial charge >= 0.3 is 0 Å². The van der Waals surface area contributed by atoms with Crippen molar-refractivity contribution >= 4 is 23.4 Å². The van der Waals surface area contributed by atoms with Gasteiger partial charge in [0.1, 0.15) is 11.9 Å². The van der Waals surface area contributed by atoms with Crippen molar-refractivity contribution in [2.45, 2.75) is 26.3 Å². The van der Waals surface area contributed by atoms with Crippen LogP contribution in [-0.2, 0) is 4.79 Å². The molecule has 0 aliphatic carbocycles. The first-order valence-electron chi connectivity index (χ1n) is 9.21. The lowest BCUT2D eigenvalue weighted by atomic mass is 10.0. The third-order valence-electron chi connectivity index (χ3n) is 4.15. The molecule has 2 N–H and O–H groups in total. The molecule has 29 heavy (non-hydrogen) atoms. The maximum Gasteiger partial charge on any atom is 0.254 e.